The van der Waals surface area contributed by atoms with Gasteiger partial charge in [0.15, 0.2) is 0 Å². The maximum atomic E-state index is 13.5. The molecule has 0 aliphatic rings. The fraction of sp³-hybridized carbons (Fsp3) is 0.294. The van der Waals surface area contributed by atoms with Crippen LogP contribution in [0.1, 0.15) is 55.5 Å². The first-order valence-corrected chi connectivity index (χ1v) is 14.4. The van der Waals surface area contributed by atoms with E-state index in [2.05, 4.69) is 17.2 Å². The van der Waals surface area contributed by atoms with E-state index in [0.717, 1.165) is 19.3 Å². The number of alkyl halides is 3. The van der Waals surface area contributed by atoms with Crippen molar-refractivity contribution in [3.05, 3.63) is 100 Å². The van der Waals surface area contributed by atoms with Crippen LogP contribution in [0.2, 0.25) is 0 Å². The highest BCUT2D eigenvalue weighted by Gasteiger charge is 2.26. The lowest BCUT2D eigenvalue weighted by atomic mass is 9.96. The molecule has 4 aromatic rings. The van der Waals surface area contributed by atoms with Crippen molar-refractivity contribution in [3.63, 3.8) is 0 Å². The summed E-state index contributed by atoms with van der Waals surface area (Å²) in [7, 11) is 0. The van der Waals surface area contributed by atoms with Gasteiger partial charge in [-0.1, -0.05) is 37.6 Å². The lowest BCUT2D eigenvalue weighted by Gasteiger charge is -2.14. The maximum absolute atomic E-state index is 13.5. The number of halogens is 3. The van der Waals surface area contributed by atoms with E-state index in [1.807, 2.05) is 31.2 Å². The van der Waals surface area contributed by atoms with Crippen molar-refractivity contribution in [1.82, 2.24) is 4.98 Å². The van der Waals surface area contributed by atoms with Crippen LogP contribution < -0.4 is 20.3 Å². The molecule has 226 valence electrons. The molecule has 0 aliphatic carbocycles. The second-order valence-corrected chi connectivity index (χ2v) is 10.1. The molecule has 3 aromatic carbocycles. The third kappa shape index (κ3) is 8.98. The highest BCUT2D eigenvalue weighted by molar-refractivity contribution is 6.08. The van der Waals surface area contributed by atoms with E-state index in [4.69, 9.17) is 9.47 Å². The van der Waals surface area contributed by atoms with Gasteiger partial charge in [-0.2, -0.15) is 13.2 Å². The number of amides is 1. The maximum Gasteiger partial charge on any atom is 0.389 e. The molecule has 6 nitrogen and oxygen atoms in total. The van der Waals surface area contributed by atoms with Gasteiger partial charge in [0.1, 0.15) is 17.1 Å². The second kappa shape index (κ2) is 14.6. The number of carbonyl (C=O) groups excluding carboxylic acids is 1. The predicted molar refractivity (Wildman–Crippen MR) is 163 cm³/mol. The monoisotopic (exact) mass is 592 g/mol. The zero-order valence-corrected chi connectivity index (χ0v) is 24.2. The van der Waals surface area contributed by atoms with Crippen molar-refractivity contribution in [3.8, 4) is 33.9 Å². The molecule has 0 saturated carbocycles. The number of benzene rings is 3. The number of hydrogen-bond donors (Lipinski definition) is 2. The molecule has 1 amide bonds. The van der Waals surface area contributed by atoms with E-state index in [1.165, 1.54) is 5.56 Å². The van der Waals surface area contributed by atoms with Gasteiger partial charge in [0.05, 0.1) is 13.2 Å². The van der Waals surface area contributed by atoms with Crippen molar-refractivity contribution < 1.29 is 27.4 Å². The number of unbranched alkanes of at least 4 members (excludes halogenated alkanes) is 1. The first kappa shape index (κ1) is 31.4. The summed E-state index contributed by atoms with van der Waals surface area (Å²) in [5, 5.41) is 2.82. The van der Waals surface area contributed by atoms with E-state index in [0.29, 0.717) is 46.2 Å². The Bertz CT molecular complexity index is 1550. The van der Waals surface area contributed by atoms with E-state index in [1.54, 1.807) is 54.6 Å². The van der Waals surface area contributed by atoms with E-state index in [-0.39, 0.29) is 18.6 Å². The lowest BCUT2D eigenvalue weighted by Crippen LogP contribution is -2.25. The Labute approximate surface area is 248 Å². The zero-order valence-electron chi connectivity index (χ0n) is 24.2. The van der Waals surface area contributed by atoms with E-state index >= 15 is 0 Å². The summed E-state index contributed by atoms with van der Waals surface area (Å²) in [4.78, 5) is 29.8. The molecule has 43 heavy (non-hydrogen) atoms. The minimum Gasteiger partial charge on any atom is -0.494 e. The van der Waals surface area contributed by atoms with Crippen LogP contribution in [0.25, 0.3) is 22.4 Å². The standard InChI is InChI=1S/C34H35F3N2O4/c1-3-5-7-23-8-10-24(11-9-23)29-22-30(25-12-16-28(17-13-25)43-21-6-20-34(35,36)37)39-33(41)31(29)32(40)38-26-14-18-27(19-15-26)42-4-2/h8-19,22H,3-7,20-21H2,1-2H3,(H,38,40)(H,39,41). The molecule has 4 rings (SSSR count). The van der Waals surface area contributed by atoms with E-state index < -0.39 is 24.1 Å². The van der Waals surface area contributed by atoms with Gasteiger partial charge in [-0.25, -0.2) is 0 Å². The molecule has 1 heterocycles. The predicted octanol–water partition coefficient (Wildman–Crippen LogP) is 8.42. The summed E-state index contributed by atoms with van der Waals surface area (Å²) < 4.78 is 48.1. The Balaban J connectivity index is 1.63. The number of ether oxygens (including phenoxy) is 2. The Hall–Kier alpha value is -4.53. The fourth-order valence-corrected chi connectivity index (χ4v) is 4.59. The lowest BCUT2D eigenvalue weighted by molar-refractivity contribution is -0.136. The SMILES string of the molecule is CCCCc1ccc(-c2cc(-c3ccc(OCCCC(F)(F)F)cc3)[nH]c(=O)c2C(=O)Nc2ccc(OCC)cc2)cc1. The molecule has 0 fully saturated rings. The topological polar surface area (TPSA) is 80.4 Å². The van der Waals surface area contributed by atoms with Gasteiger partial charge >= 0.3 is 6.18 Å². The van der Waals surface area contributed by atoms with Crippen LogP contribution in [0.3, 0.4) is 0 Å². The number of H-pyrrole nitrogens is 1. The van der Waals surface area contributed by atoms with Crippen molar-refractivity contribution in [1.29, 1.82) is 0 Å². The number of aromatic nitrogens is 1. The molecular formula is C34H35F3N2O4. The Morgan fingerprint density at radius 2 is 1.47 bits per heavy atom. The minimum atomic E-state index is -4.22. The second-order valence-electron chi connectivity index (χ2n) is 10.1. The largest absolute Gasteiger partial charge is 0.494 e. The molecule has 0 bridgehead atoms. The van der Waals surface area contributed by atoms with Gasteiger partial charge in [0.2, 0.25) is 0 Å². The summed E-state index contributed by atoms with van der Waals surface area (Å²) in [6.45, 7) is 4.47. The highest BCUT2D eigenvalue weighted by atomic mass is 19.4. The first-order chi connectivity index (χ1) is 20.7. The van der Waals surface area contributed by atoms with Crippen LogP contribution >= 0.6 is 0 Å². The molecule has 0 unspecified atom stereocenters. The van der Waals surface area contributed by atoms with Crippen molar-refractivity contribution in [2.45, 2.75) is 52.1 Å². The van der Waals surface area contributed by atoms with Crippen LogP contribution in [0.5, 0.6) is 11.5 Å². The molecule has 0 spiro atoms. The average molecular weight is 593 g/mol. The van der Waals surface area contributed by atoms with Crippen LogP contribution in [0.15, 0.2) is 83.7 Å². The minimum absolute atomic E-state index is 0.0245. The average Bonchev–Trinajstić information content (AvgIpc) is 2.99. The zero-order chi connectivity index (χ0) is 30.8. The molecule has 0 atom stereocenters. The third-order valence-corrected chi connectivity index (χ3v) is 6.81. The molecule has 9 heteroatoms. The summed E-state index contributed by atoms with van der Waals surface area (Å²) >= 11 is 0. The Kier molecular flexibility index (Phi) is 10.6. The van der Waals surface area contributed by atoms with Crippen LogP contribution in [0.4, 0.5) is 18.9 Å². The molecule has 1 aromatic heterocycles. The van der Waals surface area contributed by atoms with Gasteiger partial charge in [0, 0.05) is 23.4 Å². The first-order valence-electron chi connectivity index (χ1n) is 14.4. The number of rotatable bonds is 13. The highest BCUT2D eigenvalue weighted by Crippen LogP contribution is 2.29. The number of aromatic amines is 1. The number of anilines is 1. The van der Waals surface area contributed by atoms with Crippen molar-refractivity contribution in [2.75, 3.05) is 18.5 Å². The van der Waals surface area contributed by atoms with E-state index in [9.17, 15) is 22.8 Å². The smallest absolute Gasteiger partial charge is 0.389 e. The van der Waals surface area contributed by atoms with Gasteiger partial charge in [0.25, 0.3) is 11.5 Å². The third-order valence-electron chi connectivity index (χ3n) is 6.81. The summed E-state index contributed by atoms with van der Waals surface area (Å²) in [5.74, 6) is 0.538. The summed E-state index contributed by atoms with van der Waals surface area (Å²) in [5.41, 5.74) is 3.42. The van der Waals surface area contributed by atoms with Crippen LogP contribution in [0, 0.1) is 0 Å². The van der Waals surface area contributed by atoms with Gasteiger partial charge in [-0.15, -0.1) is 0 Å². The number of hydrogen-bond acceptors (Lipinski definition) is 4. The number of carbonyl (C=O) groups is 1. The molecule has 0 radical (unpaired) electrons. The van der Waals surface area contributed by atoms with Gasteiger partial charge < -0.3 is 19.8 Å². The molecule has 0 saturated heterocycles. The van der Waals surface area contributed by atoms with Crippen LogP contribution in [-0.4, -0.2) is 30.3 Å². The number of nitrogens with one attached hydrogen (secondary N) is 2. The van der Waals surface area contributed by atoms with Gasteiger partial charge in [-0.05, 0) is 97.5 Å². The Morgan fingerprint density at radius 3 is 2.09 bits per heavy atom. The van der Waals surface area contributed by atoms with Gasteiger partial charge in [-0.3, -0.25) is 9.59 Å². The normalized spacial score (nSPS) is 11.3. The molecule has 0 aliphatic heterocycles. The van der Waals surface area contributed by atoms with Crippen LogP contribution in [-0.2, 0) is 6.42 Å². The Morgan fingerprint density at radius 1 is 0.837 bits per heavy atom. The fourth-order valence-electron chi connectivity index (χ4n) is 4.59. The van der Waals surface area contributed by atoms with Crippen molar-refractivity contribution >= 4 is 11.6 Å². The number of pyridine rings is 1. The summed E-state index contributed by atoms with van der Waals surface area (Å²) in [6, 6.07) is 23.2. The quantitative estimate of drug-likeness (QED) is 0.153. The number of aryl methyl sites for hydroxylation is 1. The molecular weight excluding hydrogens is 557 g/mol. The molecule has 2 N–H and O–H groups in total. The summed E-state index contributed by atoms with van der Waals surface area (Å²) in [6.07, 6.45) is -2.19. The van der Waals surface area contributed by atoms with Crippen molar-refractivity contribution in [2.24, 2.45) is 0 Å².